The van der Waals surface area contributed by atoms with Gasteiger partial charge in [-0.3, -0.25) is 4.68 Å². The van der Waals surface area contributed by atoms with Crippen LogP contribution in [0.4, 0.5) is 0 Å². The molecule has 17 heavy (non-hydrogen) atoms. The SMILES string of the molecule is Cc1nn(C)c(S)c1C(=O)Oc1ccccn1. The molecule has 0 atom stereocenters. The van der Waals surface area contributed by atoms with Gasteiger partial charge in [0.25, 0.3) is 0 Å². The molecule has 0 aliphatic carbocycles. The molecule has 0 spiro atoms. The summed E-state index contributed by atoms with van der Waals surface area (Å²) in [7, 11) is 1.72. The number of ether oxygens (including phenoxy) is 1. The van der Waals surface area contributed by atoms with Crippen LogP contribution < -0.4 is 4.74 Å². The van der Waals surface area contributed by atoms with Crippen LogP contribution in [0.3, 0.4) is 0 Å². The molecule has 0 fully saturated rings. The van der Waals surface area contributed by atoms with E-state index in [0.717, 1.165) is 0 Å². The molecule has 6 heteroatoms. The highest BCUT2D eigenvalue weighted by molar-refractivity contribution is 7.80. The molecule has 0 unspecified atom stereocenters. The van der Waals surface area contributed by atoms with Crippen molar-refractivity contribution in [1.82, 2.24) is 14.8 Å². The van der Waals surface area contributed by atoms with Crippen LogP contribution in [0.5, 0.6) is 5.88 Å². The van der Waals surface area contributed by atoms with E-state index in [1.54, 1.807) is 38.4 Å². The summed E-state index contributed by atoms with van der Waals surface area (Å²) in [6.07, 6.45) is 1.56. The molecule has 0 saturated heterocycles. The fourth-order valence-corrected chi connectivity index (χ4v) is 1.74. The van der Waals surface area contributed by atoms with Gasteiger partial charge in [-0.05, 0) is 13.0 Å². The van der Waals surface area contributed by atoms with E-state index >= 15 is 0 Å². The number of aryl methyl sites for hydroxylation is 2. The van der Waals surface area contributed by atoms with Crippen LogP contribution in [0, 0.1) is 6.92 Å². The molecule has 2 aromatic rings. The number of hydrogen-bond donors (Lipinski definition) is 1. The van der Waals surface area contributed by atoms with E-state index in [-0.39, 0.29) is 5.88 Å². The van der Waals surface area contributed by atoms with E-state index < -0.39 is 5.97 Å². The van der Waals surface area contributed by atoms with Crippen LogP contribution in [0.1, 0.15) is 16.1 Å². The normalized spacial score (nSPS) is 10.3. The van der Waals surface area contributed by atoms with Crippen LogP contribution >= 0.6 is 12.6 Å². The van der Waals surface area contributed by atoms with Crippen LogP contribution in [0.2, 0.25) is 0 Å². The maximum atomic E-state index is 11.9. The summed E-state index contributed by atoms with van der Waals surface area (Å²) in [5, 5.41) is 4.57. The molecule has 2 heterocycles. The number of pyridine rings is 1. The fourth-order valence-electron chi connectivity index (χ4n) is 1.44. The maximum Gasteiger partial charge on any atom is 0.349 e. The Morgan fingerprint density at radius 2 is 2.24 bits per heavy atom. The van der Waals surface area contributed by atoms with Crippen LogP contribution in [-0.4, -0.2) is 20.7 Å². The van der Waals surface area contributed by atoms with Gasteiger partial charge >= 0.3 is 5.97 Å². The van der Waals surface area contributed by atoms with Gasteiger partial charge in [0.05, 0.1) is 5.69 Å². The van der Waals surface area contributed by atoms with Crippen molar-refractivity contribution in [3.8, 4) is 5.88 Å². The fraction of sp³-hybridized carbons (Fsp3) is 0.182. The summed E-state index contributed by atoms with van der Waals surface area (Å²) in [5.74, 6) is -0.243. The van der Waals surface area contributed by atoms with Crippen LogP contribution in [0.25, 0.3) is 0 Å². The molecule has 88 valence electrons. The summed E-state index contributed by atoms with van der Waals surface area (Å²) in [5.41, 5.74) is 0.944. The minimum Gasteiger partial charge on any atom is -0.404 e. The predicted octanol–water partition coefficient (Wildman–Crippen LogP) is 1.63. The standard InChI is InChI=1S/C11H11N3O2S/c1-7-9(10(17)14(2)13-7)11(15)16-8-5-3-4-6-12-8/h3-6,17H,1-2H3. The molecule has 0 bridgehead atoms. The van der Waals surface area contributed by atoms with E-state index in [9.17, 15) is 4.79 Å². The van der Waals surface area contributed by atoms with E-state index in [0.29, 0.717) is 16.3 Å². The Labute approximate surface area is 104 Å². The Bertz CT molecular complexity index is 551. The summed E-state index contributed by atoms with van der Waals surface area (Å²) in [6, 6.07) is 5.10. The Morgan fingerprint density at radius 3 is 2.76 bits per heavy atom. The minimum atomic E-state index is -0.501. The quantitative estimate of drug-likeness (QED) is 0.649. The predicted molar refractivity (Wildman–Crippen MR) is 64.4 cm³/mol. The van der Waals surface area contributed by atoms with Gasteiger partial charge in [-0.25, -0.2) is 9.78 Å². The first-order valence-corrected chi connectivity index (χ1v) is 5.40. The van der Waals surface area contributed by atoms with Gasteiger partial charge < -0.3 is 4.74 Å². The van der Waals surface area contributed by atoms with Gasteiger partial charge in [-0.1, -0.05) is 6.07 Å². The number of carbonyl (C=O) groups excluding carboxylic acids is 1. The number of aromatic nitrogens is 3. The smallest absolute Gasteiger partial charge is 0.349 e. The molecule has 5 nitrogen and oxygen atoms in total. The molecule has 2 aromatic heterocycles. The number of carbonyl (C=O) groups is 1. The second-order valence-corrected chi connectivity index (χ2v) is 3.89. The van der Waals surface area contributed by atoms with Crippen molar-refractivity contribution in [2.45, 2.75) is 11.9 Å². The summed E-state index contributed by atoms with van der Waals surface area (Å²) in [6.45, 7) is 1.73. The highest BCUT2D eigenvalue weighted by atomic mass is 32.1. The zero-order valence-electron chi connectivity index (χ0n) is 9.41. The lowest BCUT2D eigenvalue weighted by Gasteiger charge is -2.02. The Morgan fingerprint density at radius 1 is 1.47 bits per heavy atom. The Balaban J connectivity index is 2.27. The zero-order chi connectivity index (χ0) is 12.4. The lowest BCUT2D eigenvalue weighted by atomic mass is 10.3. The first kappa shape index (κ1) is 11.7. The number of esters is 1. The van der Waals surface area contributed by atoms with Crippen molar-refractivity contribution in [2.75, 3.05) is 0 Å². The monoisotopic (exact) mass is 249 g/mol. The van der Waals surface area contributed by atoms with Gasteiger partial charge in [0.1, 0.15) is 10.6 Å². The molecular formula is C11H11N3O2S. The van der Waals surface area contributed by atoms with Gasteiger partial charge in [0.2, 0.25) is 5.88 Å². The first-order chi connectivity index (χ1) is 8.09. The van der Waals surface area contributed by atoms with Crippen molar-refractivity contribution >= 4 is 18.6 Å². The number of rotatable bonds is 2. The lowest BCUT2D eigenvalue weighted by Crippen LogP contribution is -2.10. The van der Waals surface area contributed by atoms with Gasteiger partial charge in [-0.2, -0.15) is 5.10 Å². The third-order valence-corrected chi connectivity index (χ3v) is 2.74. The Hall–Kier alpha value is -1.82. The van der Waals surface area contributed by atoms with Gasteiger partial charge in [0.15, 0.2) is 0 Å². The molecule has 0 amide bonds. The Kier molecular flexibility index (Phi) is 3.14. The highest BCUT2D eigenvalue weighted by Crippen LogP contribution is 2.18. The molecule has 0 saturated carbocycles. The summed E-state index contributed by atoms with van der Waals surface area (Å²) >= 11 is 4.22. The number of nitrogens with zero attached hydrogens (tertiary/aromatic N) is 3. The summed E-state index contributed by atoms with van der Waals surface area (Å²) in [4.78, 5) is 15.8. The van der Waals surface area contributed by atoms with E-state index in [4.69, 9.17) is 4.74 Å². The maximum absolute atomic E-state index is 11.9. The van der Waals surface area contributed by atoms with Gasteiger partial charge in [0, 0.05) is 19.3 Å². The topological polar surface area (TPSA) is 57.0 Å². The van der Waals surface area contributed by atoms with Crippen molar-refractivity contribution in [3.63, 3.8) is 0 Å². The number of hydrogen-bond acceptors (Lipinski definition) is 5. The molecule has 2 rings (SSSR count). The zero-order valence-corrected chi connectivity index (χ0v) is 10.3. The molecule has 0 radical (unpaired) electrons. The lowest BCUT2D eigenvalue weighted by molar-refractivity contribution is 0.0723. The number of thiol groups is 1. The molecule has 0 aliphatic heterocycles. The van der Waals surface area contributed by atoms with Crippen LogP contribution in [-0.2, 0) is 7.05 Å². The average Bonchev–Trinajstić information content (AvgIpc) is 2.54. The molecule has 0 aromatic carbocycles. The molecule has 0 aliphatic rings. The van der Waals surface area contributed by atoms with E-state index in [1.807, 2.05) is 0 Å². The third kappa shape index (κ3) is 2.31. The molecule has 0 N–H and O–H groups in total. The van der Waals surface area contributed by atoms with Gasteiger partial charge in [-0.15, -0.1) is 12.6 Å². The largest absolute Gasteiger partial charge is 0.404 e. The van der Waals surface area contributed by atoms with Crippen molar-refractivity contribution in [1.29, 1.82) is 0 Å². The third-order valence-electron chi connectivity index (χ3n) is 2.23. The average molecular weight is 249 g/mol. The summed E-state index contributed by atoms with van der Waals surface area (Å²) < 4.78 is 6.64. The second kappa shape index (κ2) is 4.58. The van der Waals surface area contributed by atoms with E-state index in [1.165, 1.54) is 4.68 Å². The minimum absolute atomic E-state index is 0.258. The van der Waals surface area contributed by atoms with E-state index in [2.05, 4.69) is 22.7 Å². The molecular weight excluding hydrogens is 238 g/mol. The first-order valence-electron chi connectivity index (χ1n) is 4.95. The van der Waals surface area contributed by atoms with Crippen LogP contribution in [0.15, 0.2) is 29.4 Å². The second-order valence-electron chi connectivity index (χ2n) is 3.47. The van der Waals surface area contributed by atoms with Crippen molar-refractivity contribution < 1.29 is 9.53 Å². The van der Waals surface area contributed by atoms with Crippen molar-refractivity contribution in [3.05, 3.63) is 35.7 Å². The highest BCUT2D eigenvalue weighted by Gasteiger charge is 2.20. The van der Waals surface area contributed by atoms with Crippen molar-refractivity contribution in [2.24, 2.45) is 7.05 Å².